The summed E-state index contributed by atoms with van der Waals surface area (Å²) in [4.78, 5) is 24.7. The summed E-state index contributed by atoms with van der Waals surface area (Å²) < 4.78 is 5.38. The predicted molar refractivity (Wildman–Crippen MR) is 107 cm³/mol. The van der Waals surface area contributed by atoms with Crippen molar-refractivity contribution in [1.82, 2.24) is 0 Å². The third-order valence-electron chi connectivity index (χ3n) is 4.09. The van der Waals surface area contributed by atoms with Crippen molar-refractivity contribution in [2.75, 3.05) is 6.54 Å². The van der Waals surface area contributed by atoms with Gasteiger partial charge in [0.15, 0.2) is 5.78 Å². The second kappa shape index (κ2) is 9.62. The molecule has 0 spiro atoms. The Labute approximate surface area is 159 Å². The Morgan fingerprint density at radius 2 is 1.59 bits per heavy atom. The number of hydrogen-bond acceptors (Lipinski definition) is 5. The van der Waals surface area contributed by atoms with Crippen molar-refractivity contribution in [3.63, 3.8) is 0 Å². The van der Waals surface area contributed by atoms with E-state index in [0.29, 0.717) is 23.3 Å². The SMILES string of the molecule is C=CCc1ccc(OC(=O)C(N)c2cc(CC=C)ccc2C(=O)CN)cc1. The van der Waals surface area contributed by atoms with Crippen LogP contribution in [0.15, 0.2) is 67.8 Å². The van der Waals surface area contributed by atoms with Crippen molar-refractivity contribution in [2.45, 2.75) is 18.9 Å². The van der Waals surface area contributed by atoms with Crippen molar-refractivity contribution in [2.24, 2.45) is 11.5 Å². The molecule has 0 saturated carbocycles. The van der Waals surface area contributed by atoms with E-state index < -0.39 is 12.0 Å². The molecule has 2 aromatic carbocycles. The zero-order valence-corrected chi connectivity index (χ0v) is 15.2. The number of carbonyl (C=O) groups excluding carboxylic acids is 2. The molecular weight excluding hydrogens is 340 g/mol. The molecule has 5 heteroatoms. The normalized spacial score (nSPS) is 11.5. The van der Waals surface area contributed by atoms with Crippen LogP contribution in [0, 0.1) is 0 Å². The van der Waals surface area contributed by atoms with Gasteiger partial charge in [-0.3, -0.25) is 4.79 Å². The van der Waals surface area contributed by atoms with Crippen LogP contribution in [-0.2, 0) is 17.6 Å². The lowest BCUT2D eigenvalue weighted by Crippen LogP contribution is -2.29. The number of nitrogens with two attached hydrogens (primary N) is 2. The van der Waals surface area contributed by atoms with E-state index in [1.807, 2.05) is 12.1 Å². The van der Waals surface area contributed by atoms with Crippen molar-refractivity contribution in [1.29, 1.82) is 0 Å². The molecule has 0 aliphatic heterocycles. The van der Waals surface area contributed by atoms with Gasteiger partial charge < -0.3 is 16.2 Å². The average Bonchev–Trinajstić information content (AvgIpc) is 2.68. The van der Waals surface area contributed by atoms with Crippen LogP contribution in [-0.4, -0.2) is 18.3 Å². The van der Waals surface area contributed by atoms with Gasteiger partial charge in [0.05, 0.1) is 6.54 Å². The summed E-state index contributed by atoms with van der Waals surface area (Å²) in [6.07, 6.45) is 4.85. The van der Waals surface area contributed by atoms with Crippen LogP contribution in [0.25, 0.3) is 0 Å². The second-order valence-corrected chi connectivity index (χ2v) is 6.08. The van der Waals surface area contributed by atoms with Crippen molar-refractivity contribution >= 4 is 11.8 Å². The first-order valence-electron chi connectivity index (χ1n) is 8.64. The fraction of sp³-hybridized carbons (Fsp3) is 0.182. The minimum Gasteiger partial charge on any atom is -0.425 e. The smallest absolute Gasteiger partial charge is 0.332 e. The summed E-state index contributed by atoms with van der Waals surface area (Å²) in [5.41, 5.74) is 14.3. The molecule has 0 bridgehead atoms. The Morgan fingerprint density at radius 3 is 2.19 bits per heavy atom. The van der Waals surface area contributed by atoms with E-state index in [4.69, 9.17) is 16.2 Å². The van der Waals surface area contributed by atoms with Gasteiger partial charge in [-0.1, -0.05) is 42.5 Å². The van der Waals surface area contributed by atoms with Crippen LogP contribution >= 0.6 is 0 Å². The number of ether oxygens (including phenoxy) is 1. The van der Waals surface area contributed by atoms with Crippen LogP contribution in [0.4, 0.5) is 0 Å². The van der Waals surface area contributed by atoms with Gasteiger partial charge in [-0.2, -0.15) is 0 Å². The highest BCUT2D eigenvalue weighted by molar-refractivity contribution is 6.00. The van der Waals surface area contributed by atoms with Gasteiger partial charge in [0.25, 0.3) is 0 Å². The Balaban J connectivity index is 2.25. The Kier molecular flexibility index (Phi) is 7.23. The van der Waals surface area contributed by atoms with E-state index in [-0.39, 0.29) is 12.3 Å². The van der Waals surface area contributed by atoms with Crippen LogP contribution in [0.5, 0.6) is 5.75 Å². The van der Waals surface area contributed by atoms with Gasteiger partial charge >= 0.3 is 5.97 Å². The molecule has 0 aliphatic rings. The van der Waals surface area contributed by atoms with Gasteiger partial charge in [0.1, 0.15) is 11.8 Å². The molecule has 140 valence electrons. The van der Waals surface area contributed by atoms with E-state index in [1.54, 1.807) is 42.5 Å². The van der Waals surface area contributed by atoms with Gasteiger partial charge in [-0.25, -0.2) is 4.79 Å². The van der Waals surface area contributed by atoms with Gasteiger partial charge in [0, 0.05) is 5.56 Å². The molecule has 1 atom stereocenters. The molecule has 0 radical (unpaired) electrons. The molecule has 27 heavy (non-hydrogen) atoms. The summed E-state index contributed by atoms with van der Waals surface area (Å²) in [5, 5.41) is 0. The molecule has 0 aliphatic carbocycles. The third kappa shape index (κ3) is 5.23. The van der Waals surface area contributed by atoms with Crippen LogP contribution in [0.1, 0.15) is 33.1 Å². The highest BCUT2D eigenvalue weighted by Crippen LogP contribution is 2.22. The highest BCUT2D eigenvalue weighted by atomic mass is 16.5. The van der Waals surface area contributed by atoms with E-state index in [0.717, 1.165) is 17.5 Å². The van der Waals surface area contributed by atoms with Gasteiger partial charge in [-0.05, 0) is 41.7 Å². The van der Waals surface area contributed by atoms with Gasteiger partial charge in [-0.15, -0.1) is 13.2 Å². The highest BCUT2D eigenvalue weighted by Gasteiger charge is 2.24. The number of Topliss-reactive ketones (excluding diaryl/α,β-unsaturated/α-hetero) is 1. The molecular formula is C22H24N2O3. The number of ketones is 1. The summed E-state index contributed by atoms with van der Waals surface area (Å²) in [5.74, 6) is -0.544. The Morgan fingerprint density at radius 1 is 1.00 bits per heavy atom. The number of carbonyl (C=O) groups is 2. The summed E-state index contributed by atoms with van der Waals surface area (Å²) >= 11 is 0. The third-order valence-corrected chi connectivity index (χ3v) is 4.09. The quantitative estimate of drug-likeness (QED) is 0.309. The first kappa shape index (κ1) is 20.3. The largest absolute Gasteiger partial charge is 0.425 e. The number of benzene rings is 2. The number of esters is 1. The lowest BCUT2D eigenvalue weighted by molar-refractivity contribution is -0.136. The zero-order chi connectivity index (χ0) is 19.8. The molecule has 2 aromatic rings. The lowest BCUT2D eigenvalue weighted by atomic mass is 9.94. The first-order valence-corrected chi connectivity index (χ1v) is 8.64. The maximum absolute atomic E-state index is 12.5. The van der Waals surface area contributed by atoms with Crippen molar-refractivity contribution < 1.29 is 14.3 Å². The molecule has 5 nitrogen and oxygen atoms in total. The Bertz CT molecular complexity index is 841. The minimum absolute atomic E-state index is 0.166. The molecule has 0 fully saturated rings. The molecule has 0 aromatic heterocycles. The minimum atomic E-state index is -1.10. The number of rotatable bonds is 9. The molecule has 0 saturated heterocycles. The maximum Gasteiger partial charge on any atom is 0.332 e. The monoisotopic (exact) mass is 364 g/mol. The number of allylic oxidation sites excluding steroid dienone is 2. The first-order chi connectivity index (χ1) is 13.0. The Hall–Kier alpha value is -3.02. The predicted octanol–water partition coefficient (Wildman–Crippen LogP) is 2.89. The zero-order valence-electron chi connectivity index (χ0n) is 15.2. The van der Waals surface area contributed by atoms with Crippen LogP contribution in [0.3, 0.4) is 0 Å². The summed E-state index contributed by atoms with van der Waals surface area (Å²) in [6, 6.07) is 11.2. The molecule has 0 heterocycles. The standard InChI is InChI=1S/C22H24N2O3/c1-3-5-15-7-10-17(11-8-15)27-22(26)21(24)19-13-16(6-4-2)9-12-18(19)20(25)14-23/h3-4,7-13,21H,1-2,5-6,14,23-24H2. The molecule has 1 unspecified atom stereocenters. The summed E-state index contributed by atoms with van der Waals surface area (Å²) in [7, 11) is 0. The van der Waals surface area contributed by atoms with Crippen molar-refractivity contribution in [3.05, 3.63) is 90.0 Å². The fourth-order valence-corrected chi connectivity index (χ4v) is 2.69. The average molecular weight is 364 g/mol. The second-order valence-electron chi connectivity index (χ2n) is 6.08. The molecule has 4 N–H and O–H groups in total. The summed E-state index contributed by atoms with van der Waals surface area (Å²) in [6.45, 7) is 7.22. The van der Waals surface area contributed by atoms with E-state index in [2.05, 4.69) is 13.2 Å². The van der Waals surface area contributed by atoms with Crippen LogP contribution < -0.4 is 16.2 Å². The maximum atomic E-state index is 12.5. The molecule has 0 amide bonds. The topological polar surface area (TPSA) is 95.4 Å². The van der Waals surface area contributed by atoms with E-state index in [9.17, 15) is 9.59 Å². The van der Waals surface area contributed by atoms with Crippen LogP contribution in [0.2, 0.25) is 0 Å². The van der Waals surface area contributed by atoms with Crippen molar-refractivity contribution in [3.8, 4) is 5.75 Å². The fourth-order valence-electron chi connectivity index (χ4n) is 2.69. The van der Waals surface area contributed by atoms with Gasteiger partial charge in [0.2, 0.25) is 0 Å². The van der Waals surface area contributed by atoms with E-state index in [1.165, 1.54) is 0 Å². The lowest BCUT2D eigenvalue weighted by Gasteiger charge is -2.16. The number of hydrogen-bond donors (Lipinski definition) is 2. The van der Waals surface area contributed by atoms with E-state index >= 15 is 0 Å². The molecule has 2 rings (SSSR count).